The fourth-order valence-electron chi connectivity index (χ4n) is 0.0707. The van der Waals surface area contributed by atoms with Gasteiger partial charge in [0.25, 0.3) is 0 Å². The van der Waals surface area contributed by atoms with E-state index in [9.17, 15) is 0 Å². The van der Waals surface area contributed by atoms with Gasteiger partial charge in [-0.05, 0) is 68.7 Å². The predicted octanol–water partition coefficient (Wildman–Crippen LogP) is -0.651. The molecule has 0 aromatic heterocycles. The van der Waals surface area contributed by atoms with Gasteiger partial charge in [0.1, 0.15) is 0 Å². The standard InChI is InChI=1S/C3H8O2.9C2H6O/c4-2-1-3-5;9*1-2-3/h4-5H,1-3H2;9*3H,2H2,1H3. The maximum atomic E-state index is 7.91. The van der Waals surface area contributed by atoms with Crippen LogP contribution in [0.1, 0.15) is 68.7 Å². The summed E-state index contributed by atoms with van der Waals surface area (Å²) >= 11 is 0. The Morgan fingerprint density at radius 2 is 0.312 bits per heavy atom. The van der Waals surface area contributed by atoms with Crippen molar-refractivity contribution in [3.8, 4) is 0 Å². The lowest BCUT2D eigenvalue weighted by molar-refractivity contribution is 0.221. The first-order chi connectivity index (χ1) is 15.1. The minimum Gasteiger partial charge on any atom is -0.397 e. The summed E-state index contributed by atoms with van der Waals surface area (Å²) < 4.78 is 0. The molecule has 0 aromatic rings. The molecule has 0 radical (unpaired) electrons. The summed E-state index contributed by atoms with van der Waals surface area (Å²) in [6.45, 7) is 17.6. The summed E-state index contributed by atoms with van der Waals surface area (Å²) in [5, 5.41) is 83.9. The molecule has 0 spiro atoms. The second-order valence-electron chi connectivity index (χ2n) is 3.65. The molecule has 0 rings (SSSR count). The van der Waals surface area contributed by atoms with Crippen molar-refractivity contribution in [2.24, 2.45) is 0 Å². The molecule has 0 amide bonds. The van der Waals surface area contributed by atoms with Crippen LogP contribution in [-0.2, 0) is 0 Å². The molecule has 0 fully saturated rings. The van der Waals surface area contributed by atoms with Gasteiger partial charge in [0.05, 0.1) is 0 Å². The Morgan fingerprint density at radius 3 is 0.312 bits per heavy atom. The zero-order valence-electron chi connectivity index (χ0n) is 22.4. The van der Waals surface area contributed by atoms with Crippen molar-refractivity contribution in [3.05, 3.63) is 0 Å². The highest BCUT2D eigenvalue weighted by Gasteiger charge is 1.70. The molecule has 0 saturated heterocycles. The second kappa shape index (κ2) is 200. The van der Waals surface area contributed by atoms with Crippen molar-refractivity contribution in [3.63, 3.8) is 0 Å². The third kappa shape index (κ3) is 9910. The fraction of sp³-hybridized carbons (Fsp3) is 1.00. The minimum atomic E-state index is 0.0938. The number of hydrogen-bond donors (Lipinski definition) is 11. The summed E-state index contributed by atoms with van der Waals surface area (Å²) in [6.07, 6.45) is 0.500. The maximum absolute atomic E-state index is 7.91. The molecule has 0 atom stereocenters. The van der Waals surface area contributed by atoms with Crippen LogP contribution in [0, 0.1) is 0 Å². The van der Waals surface area contributed by atoms with E-state index in [-0.39, 0.29) is 72.7 Å². The van der Waals surface area contributed by atoms with Gasteiger partial charge in [-0.15, -0.1) is 0 Å². The quantitative estimate of drug-likeness (QED) is 0.233. The average molecular weight is 491 g/mol. The SMILES string of the molecule is CCO.CCO.CCO.CCO.CCO.CCO.CCO.CCO.CCO.OCCCO. The van der Waals surface area contributed by atoms with Crippen LogP contribution in [0.4, 0.5) is 0 Å². The number of aliphatic hydroxyl groups is 11. The molecule has 0 aliphatic carbocycles. The summed E-state index contributed by atoms with van der Waals surface area (Å²) in [7, 11) is 0. The van der Waals surface area contributed by atoms with Crippen LogP contribution in [-0.4, -0.2) is 129 Å². The van der Waals surface area contributed by atoms with Crippen molar-refractivity contribution in [2.75, 3.05) is 72.7 Å². The Hall–Kier alpha value is -0.440. The van der Waals surface area contributed by atoms with Gasteiger partial charge >= 0.3 is 0 Å². The highest BCUT2D eigenvalue weighted by Crippen LogP contribution is 1.65. The topological polar surface area (TPSA) is 223 Å². The van der Waals surface area contributed by atoms with Crippen LogP contribution in [0.3, 0.4) is 0 Å². The van der Waals surface area contributed by atoms with E-state index in [0.29, 0.717) is 6.42 Å². The van der Waals surface area contributed by atoms with Crippen LogP contribution in [0.15, 0.2) is 0 Å². The molecule has 0 aromatic carbocycles. The van der Waals surface area contributed by atoms with E-state index in [1.165, 1.54) is 0 Å². The predicted molar refractivity (Wildman–Crippen MR) is 134 cm³/mol. The van der Waals surface area contributed by atoms with Gasteiger partial charge in [0, 0.05) is 72.7 Å². The van der Waals surface area contributed by atoms with Crippen molar-refractivity contribution < 1.29 is 56.2 Å². The van der Waals surface area contributed by atoms with E-state index in [1.54, 1.807) is 62.3 Å². The van der Waals surface area contributed by atoms with E-state index >= 15 is 0 Å². The fourth-order valence-corrected chi connectivity index (χ4v) is 0.0707. The molecular weight excluding hydrogens is 428 g/mol. The molecule has 0 unspecified atom stereocenters. The summed E-state index contributed by atoms with van der Waals surface area (Å²) in [5.41, 5.74) is 0. The van der Waals surface area contributed by atoms with Crippen LogP contribution >= 0.6 is 0 Å². The monoisotopic (exact) mass is 490 g/mol. The summed E-state index contributed by atoms with van der Waals surface area (Å²) in [5.74, 6) is 0. The van der Waals surface area contributed by atoms with Crippen molar-refractivity contribution >= 4 is 0 Å². The lowest BCUT2D eigenvalue weighted by Gasteiger charge is -1.79. The van der Waals surface area contributed by atoms with Crippen LogP contribution < -0.4 is 0 Å². The first-order valence-electron chi connectivity index (χ1n) is 10.8. The Balaban J connectivity index is -0.0000000211. The van der Waals surface area contributed by atoms with Crippen LogP contribution in [0.2, 0.25) is 0 Å². The zero-order valence-corrected chi connectivity index (χ0v) is 22.4. The summed E-state index contributed by atoms with van der Waals surface area (Å²) in [6, 6.07) is 0. The third-order valence-electron chi connectivity index (χ3n) is 0.316. The zero-order chi connectivity index (χ0) is 28.5. The van der Waals surface area contributed by atoms with Crippen molar-refractivity contribution in [1.29, 1.82) is 0 Å². The number of aliphatic hydroxyl groups excluding tert-OH is 11. The van der Waals surface area contributed by atoms with E-state index in [0.717, 1.165) is 0 Å². The van der Waals surface area contributed by atoms with Crippen LogP contribution in [0.25, 0.3) is 0 Å². The van der Waals surface area contributed by atoms with E-state index in [1.807, 2.05) is 0 Å². The summed E-state index contributed by atoms with van der Waals surface area (Å²) in [4.78, 5) is 0. The molecule has 11 N–H and O–H groups in total. The van der Waals surface area contributed by atoms with Crippen molar-refractivity contribution in [2.45, 2.75) is 68.7 Å². The lowest BCUT2D eigenvalue weighted by Crippen LogP contribution is -1.85. The van der Waals surface area contributed by atoms with Crippen molar-refractivity contribution in [1.82, 2.24) is 0 Å². The normalized spacial score (nSPS) is 6.38. The maximum Gasteiger partial charge on any atom is 0.0452 e. The number of rotatable bonds is 2. The number of hydrogen-bond acceptors (Lipinski definition) is 11. The Morgan fingerprint density at radius 1 is 0.250 bits per heavy atom. The molecule has 0 aliphatic rings. The van der Waals surface area contributed by atoms with Gasteiger partial charge in [0.15, 0.2) is 0 Å². The molecule has 0 aliphatic heterocycles. The largest absolute Gasteiger partial charge is 0.397 e. The Labute approximate surface area is 198 Å². The van der Waals surface area contributed by atoms with E-state index in [2.05, 4.69) is 0 Å². The average Bonchev–Trinajstić information content (AvgIpc) is 2.68. The van der Waals surface area contributed by atoms with Gasteiger partial charge in [-0.1, -0.05) is 0 Å². The highest BCUT2D eigenvalue weighted by atomic mass is 16.3. The molecule has 11 heteroatoms. The second-order valence-corrected chi connectivity index (χ2v) is 3.65. The van der Waals surface area contributed by atoms with Crippen LogP contribution in [0.5, 0.6) is 0 Å². The first kappa shape index (κ1) is 63.4. The van der Waals surface area contributed by atoms with E-state index in [4.69, 9.17) is 56.2 Å². The van der Waals surface area contributed by atoms with E-state index < -0.39 is 0 Å². The molecule has 32 heavy (non-hydrogen) atoms. The van der Waals surface area contributed by atoms with Gasteiger partial charge in [-0.3, -0.25) is 0 Å². The molecule has 0 bridgehead atoms. The van der Waals surface area contributed by atoms with Gasteiger partial charge < -0.3 is 56.2 Å². The Bertz CT molecular complexity index is 85.2. The molecular formula is C21H62O11. The lowest BCUT2D eigenvalue weighted by atomic mass is 10.5. The molecule has 0 heterocycles. The van der Waals surface area contributed by atoms with Gasteiger partial charge in [0.2, 0.25) is 0 Å². The van der Waals surface area contributed by atoms with Gasteiger partial charge in [-0.2, -0.15) is 0 Å². The molecule has 11 nitrogen and oxygen atoms in total. The molecule has 212 valence electrons. The van der Waals surface area contributed by atoms with Gasteiger partial charge in [-0.25, -0.2) is 0 Å². The molecule has 0 saturated carbocycles. The smallest absolute Gasteiger partial charge is 0.0452 e. The first-order valence-corrected chi connectivity index (χ1v) is 10.8. The Kier molecular flexibility index (Phi) is 396. The highest BCUT2D eigenvalue weighted by molar-refractivity contribution is 4.22. The third-order valence-corrected chi connectivity index (χ3v) is 0.316. The minimum absolute atomic E-state index is 0.0938.